The van der Waals surface area contributed by atoms with Crippen LogP contribution in [0.1, 0.15) is 42.0 Å². The minimum absolute atomic E-state index is 0.277. The van der Waals surface area contributed by atoms with Crippen molar-refractivity contribution in [2.75, 3.05) is 6.61 Å². The number of hydrogen-bond acceptors (Lipinski definition) is 3. The lowest BCUT2D eigenvalue weighted by atomic mass is 9.88. The number of H-pyrrole nitrogens is 1. The van der Waals surface area contributed by atoms with Gasteiger partial charge < -0.3 is 4.74 Å². The Kier molecular flexibility index (Phi) is 2.75. The molecule has 0 aliphatic heterocycles. The summed E-state index contributed by atoms with van der Waals surface area (Å²) in [4.78, 5) is 11.6. The zero-order valence-electron chi connectivity index (χ0n) is 9.17. The highest BCUT2D eigenvalue weighted by Gasteiger charge is 2.25. The molecule has 1 aromatic heterocycles. The van der Waals surface area contributed by atoms with Gasteiger partial charge in [-0.1, -0.05) is 6.92 Å². The molecule has 0 aromatic carbocycles. The second-order valence-corrected chi connectivity index (χ2v) is 4.09. The van der Waals surface area contributed by atoms with Crippen LogP contribution in [-0.4, -0.2) is 22.8 Å². The molecule has 1 heterocycles. The van der Waals surface area contributed by atoms with Crippen molar-refractivity contribution >= 4 is 5.97 Å². The Morgan fingerprint density at radius 3 is 3.20 bits per heavy atom. The van der Waals surface area contributed by atoms with Crippen LogP contribution in [0.15, 0.2) is 0 Å². The lowest BCUT2D eigenvalue weighted by Gasteiger charge is -2.17. The van der Waals surface area contributed by atoms with Gasteiger partial charge in [0.15, 0.2) is 0 Å². The van der Waals surface area contributed by atoms with E-state index in [2.05, 4.69) is 17.1 Å². The number of carbonyl (C=O) groups is 1. The van der Waals surface area contributed by atoms with Gasteiger partial charge in [0.1, 0.15) is 5.69 Å². The van der Waals surface area contributed by atoms with Crippen LogP contribution < -0.4 is 0 Å². The second-order valence-electron chi connectivity index (χ2n) is 4.09. The van der Waals surface area contributed by atoms with Gasteiger partial charge in [-0.15, -0.1) is 0 Å². The van der Waals surface area contributed by atoms with E-state index in [1.807, 2.05) is 6.92 Å². The highest BCUT2D eigenvalue weighted by atomic mass is 16.5. The van der Waals surface area contributed by atoms with Gasteiger partial charge in [0.2, 0.25) is 0 Å². The van der Waals surface area contributed by atoms with Gasteiger partial charge in [0, 0.05) is 5.56 Å². The molecule has 4 heteroatoms. The second kappa shape index (κ2) is 4.04. The molecule has 1 atom stereocenters. The highest BCUT2D eigenvalue weighted by Crippen LogP contribution is 2.26. The number of ether oxygens (including phenoxy) is 1. The Bertz CT molecular complexity index is 371. The summed E-state index contributed by atoms with van der Waals surface area (Å²) in [6, 6.07) is 0. The maximum Gasteiger partial charge on any atom is 0.356 e. The molecule has 1 aromatic rings. The molecular formula is C11H16N2O2. The van der Waals surface area contributed by atoms with Gasteiger partial charge >= 0.3 is 5.97 Å². The minimum Gasteiger partial charge on any atom is -0.461 e. The summed E-state index contributed by atoms with van der Waals surface area (Å²) in [6.07, 6.45) is 3.05. The lowest BCUT2D eigenvalue weighted by molar-refractivity contribution is 0.0518. The van der Waals surface area contributed by atoms with E-state index in [4.69, 9.17) is 4.74 Å². The van der Waals surface area contributed by atoms with Crippen molar-refractivity contribution in [2.24, 2.45) is 5.92 Å². The molecule has 1 aliphatic rings. The zero-order chi connectivity index (χ0) is 10.8. The predicted molar refractivity (Wildman–Crippen MR) is 55.7 cm³/mol. The van der Waals surface area contributed by atoms with Crippen molar-refractivity contribution in [2.45, 2.75) is 33.1 Å². The van der Waals surface area contributed by atoms with Crippen LogP contribution >= 0.6 is 0 Å². The Balaban J connectivity index is 2.26. The highest BCUT2D eigenvalue weighted by molar-refractivity contribution is 5.89. The number of fused-ring (bicyclic) bond motifs is 1. The molecule has 0 saturated heterocycles. The van der Waals surface area contributed by atoms with Crippen LogP contribution in [0.25, 0.3) is 0 Å². The van der Waals surface area contributed by atoms with Crippen LogP contribution in [0.5, 0.6) is 0 Å². The number of aryl methyl sites for hydroxylation is 1. The minimum atomic E-state index is -0.277. The third kappa shape index (κ3) is 1.89. The summed E-state index contributed by atoms with van der Waals surface area (Å²) in [7, 11) is 0. The number of nitrogens with one attached hydrogen (secondary N) is 1. The first-order valence-corrected chi connectivity index (χ1v) is 5.45. The maximum atomic E-state index is 11.6. The molecule has 0 saturated carbocycles. The first kappa shape index (κ1) is 10.2. The van der Waals surface area contributed by atoms with E-state index >= 15 is 0 Å². The summed E-state index contributed by atoms with van der Waals surface area (Å²) in [6.45, 7) is 4.41. The number of hydrogen-bond donors (Lipinski definition) is 1. The van der Waals surface area contributed by atoms with Crippen molar-refractivity contribution < 1.29 is 9.53 Å². The molecule has 4 nitrogen and oxygen atoms in total. The number of aromatic nitrogens is 2. The van der Waals surface area contributed by atoms with E-state index < -0.39 is 0 Å². The first-order valence-electron chi connectivity index (χ1n) is 5.45. The molecule has 0 bridgehead atoms. The Morgan fingerprint density at radius 1 is 1.67 bits per heavy atom. The van der Waals surface area contributed by atoms with Gasteiger partial charge in [-0.3, -0.25) is 5.10 Å². The van der Waals surface area contributed by atoms with E-state index in [1.165, 1.54) is 0 Å². The fraction of sp³-hybridized carbons (Fsp3) is 0.636. The van der Waals surface area contributed by atoms with Gasteiger partial charge in [-0.05, 0) is 32.1 Å². The smallest absolute Gasteiger partial charge is 0.356 e. The van der Waals surface area contributed by atoms with Gasteiger partial charge in [0.05, 0.1) is 12.3 Å². The third-order valence-corrected chi connectivity index (χ3v) is 2.86. The first-order chi connectivity index (χ1) is 7.22. The van der Waals surface area contributed by atoms with Gasteiger partial charge in [-0.2, -0.15) is 5.10 Å². The molecule has 15 heavy (non-hydrogen) atoms. The third-order valence-electron chi connectivity index (χ3n) is 2.86. The topological polar surface area (TPSA) is 55.0 Å². The largest absolute Gasteiger partial charge is 0.461 e. The molecule has 1 aliphatic carbocycles. The maximum absolute atomic E-state index is 11.6. The van der Waals surface area contributed by atoms with Crippen LogP contribution in [-0.2, 0) is 17.6 Å². The quantitative estimate of drug-likeness (QED) is 0.753. The van der Waals surface area contributed by atoms with E-state index in [1.54, 1.807) is 0 Å². The standard InChI is InChI=1S/C11H16N2O2/c1-3-15-11(14)10-8-6-7(2)4-5-9(8)12-13-10/h7H,3-6H2,1-2H3,(H,12,13). The average molecular weight is 208 g/mol. The molecule has 0 spiro atoms. The molecule has 82 valence electrons. The summed E-state index contributed by atoms with van der Waals surface area (Å²) in [5.74, 6) is 0.351. The van der Waals surface area contributed by atoms with Crippen molar-refractivity contribution in [1.29, 1.82) is 0 Å². The Morgan fingerprint density at radius 2 is 2.47 bits per heavy atom. The van der Waals surface area contributed by atoms with Crippen molar-refractivity contribution in [3.05, 3.63) is 17.0 Å². The molecule has 1 N–H and O–H groups in total. The number of esters is 1. The molecule has 2 rings (SSSR count). The fourth-order valence-electron chi connectivity index (χ4n) is 2.04. The number of nitrogens with zero attached hydrogens (tertiary/aromatic N) is 1. The summed E-state index contributed by atoms with van der Waals surface area (Å²) < 4.78 is 4.98. The van der Waals surface area contributed by atoms with E-state index in [-0.39, 0.29) is 5.97 Å². The van der Waals surface area contributed by atoms with E-state index in [0.29, 0.717) is 18.2 Å². The molecular weight excluding hydrogens is 192 g/mol. The van der Waals surface area contributed by atoms with Crippen molar-refractivity contribution in [3.8, 4) is 0 Å². The number of aromatic amines is 1. The Labute approximate surface area is 89.0 Å². The zero-order valence-corrected chi connectivity index (χ0v) is 9.17. The monoisotopic (exact) mass is 208 g/mol. The number of rotatable bonds is 2. The average Bonchev–Trinajstić information content (AvgIpc) is 2.60. The van der Waals surface area contributed by atoms with Crippen LogP contribution in [0.3, 0.4) is 0 Å². The fourth-order valence-corrected chi connectivity index (χ4v) is 2.04. The van der Waals surface area contributed by atoms with Crippen LogP contribution in [0.4, 0.5) is 0 Å². The van der Waals surface area contributed by atoms with Crippen molar-refractivity contribution in [3.63, 3.8) is 0 Å². The normalized spacial score (nSPS) is 19.7. The van der Waals surface area contributed by atoms with Crippen LogP contribution in [0, 0.1) is 5.92 Å². The lowest BCUT2D eigenvalue weighted by Crippen LogP contribution is -2.14. The Hall–Kier alpha value is -1.32. The van der Waals surface area contributed by atoms with Gasteiger partial charge in [0.25, 0.3) is 0 Å². The van der Waals surface area contributed by atoms with Crippen molar-refractivity contribution in [1.82, 2.24) is 10.2 Å². The van der Waals surface area contributed by atoms with Crippen LogP contribution in [0.2, 0.25) is 0 Å². The van der Waals surface area contributed by atoms with Gasteiger partial charge in [-0.25, -0.2) is 4.79 Å². The molecule has 1 unspecified atom stereocenters. The van der Waals surface area contributed by atoms with E-state index in [0.717, 1.165) is 30.5 Å². The summed E-state index contributed by atoms with van der Waals surface area (Å²) >= 11 is 0. The predicted octanol–water partition coefficient (Wildman–Crippen LogP) is 1.71. The molecule has 0 amide bonds. The van der Waals surface area contributed by atoms with E-state index in [9.17, 15) is 4.79 Å². The molecule has 0 fully saturated rings. The summed E-state index contributed by atoms with van der Waals surface area (Å²) in [5.41, 5.74) is 2.65. The SMILES string of the molecule is CCOC(=O)c1[nH]nc2c1CC(C)CC2. The summed E-state index contributed by atoms with van der Waals surface area (Å²) in [5, 5.41) is 6.97. The number of carbonyl (C=O) groups excluding carboxylic acids is 1. The molecule has 0 radical (unpaired) electrons.